The monoisotopic (exact) mass is 266 g/mol. The van der Waals surface area contributed by atoms with Crippen molar-refractivity contribution < 1.29 is 0 Å². The second-order valence-electron chi connectivity index (χ2n) is 7.36. The second-order valence-corrected chi connectivity index (χ2v) is 7.36. The van der Waals surface area contributed by atoms with E-state index in [9.17, 15) is 0 Å². The van der Waals surface area contributed by atoms with Crippen LogP contribution in [0.2, 0.25) is 0 Å². The summed E-state index contributed by atoms with van der Waals surface area (Å²) in [5.74, 6) is 0. The van der Waals surface area contributed by atoms with Crippen LogP contribution in [0.5, 0.6) is 0 Å². The summed E-state index contributed by atoms with van der Waals surface area (Å²) in [6, 6.07) is 0.443. The number of rotatable bonds is 8. The molecule has 1 aliphatic carbocycles. The van der Waals surface area contributed by atoms with Gasteiger partial charge in [-0.3, -0.25) is 4.90 Å². The van der Waals surface area contributed by atoms with E-state index in [1.807, 2.05) is 0 Å². The van der Waals surface area contributed by atoms with Crippen molar-refractivity contribution in [3.8, 4) is 0 Å². The van der Waals surface area contributed by atoms with Crippen molar-refractivity contribution in [2.45, 2.75) is 90.1 Å². The Kier molecular flexibility index (Phi) is 4.94. The van der Waals surface area contributed by atoms with E-state index in [0.29, 0.717) is 17.0 Å². The maximum absolute atomic E-state index is 6.37. The molecule has 2 aliphatic rings. The Morgan fingerprint density at radius 3 is 2.37 bits per heavy atom. The Labute approximate surface area is 120 Å². The Hall–Kier alpha value is -0.0800. The highest BCUT2D eigenvalue weighted by atomic mass is 15.3. The van der Waals surface area contributed by atoms with Crippen molar-refractivity contribution in [3.63, 3.8) is 0 Å². The van der Waals surface area contributed by atoms with Gasteiger partial charge in [0.1, 0.15) is 0 Å². The molecule has 1 aliphatic heterocycles. The minimum Gasteiger partial charge on any atom is -0.326 e. The van der Waals surface area contributed by atoms with Gasteiger partial charge in [0.25, 0.3) is 0 Å². The first-order chi connectivity index (χ1) is 9.06. The van der Waals surface area contributed by atoms with Crippen LogP contribution in [-0.2, 0) is 0 Å². The third-order valence-electron chi connectivity index (χ3n) is 5.95. The molecule has 1 spiro atoms. The van der Waals surface area contributed by atoms with Crippen molar-refractivity contribution in [2.24, 2.45) is 11.1 Å². The molecular formula is C17H34N2. The zero-order valence-corrected chi connectivity index (χ0v) is 13.4. The highest BCUT2D eigenvalue weighted by molar-refractivity contribution is 5.11. The van der Waals surface area contributed by atoms with E-state index in [-0.39, 0.29) is 0 Å². The van der Waals surface area contributed by atoms with Gasteiger partial charge in [-0.15, -0.1) is 0 Å². The van der Waals surface area contributed by atoms with E-state index in [1.54, 1.807) is 0 Å². The second kappa shape index (κ2) is 6.13. The van der Waals surface area contributed by atoms with Gasteiger partial charge in [-0.25, -0.2) is 0 Å². The molecule has 19 heavy (non-hydrogen) atoms. The first-order valence-electron chi connectivity index (χ1n) is 8.57. The molecule has 1 heterocycles. The SMILES string of the molecule is CCCCCCCC(C)(CC)N1CC(N)C2(CC2)C1. The minimum atomic E-state index is 0.399. The van der Waals surface area contributed by atoms with Crippen LogP contribution in [-0.4, -0.2) is 29.6 Å². The van der Waals surface area contributed by atoms with E-state index in [0.717, 1.165) is 6.54 Å². The Balaban J connectivity index is 1.80. The van der Waals surface area contributed by atoms with E-state index in [1.165, 1.54) is 64.3 Å². The van der Waals surface area contributed by atoms with Crippen LogP contribution in [0, 0.1) is 5.41 Å². The third-order valence-corrected chi connectivity index (χ3v) is 5.95. The molecule has 112 valence electrons. The average molecular weight is 266 g/mol. The van der Waals surface area contributed by atoms with E-state index >= 15 is 0 Å². The van der Waals surface area contributed by atoms with Crippen molar-refractivity contribution in [1.29, 1.82) is 0 Å². The fraction of sp³-hybridized carbons (Fsp3) is 1.00. The molecule has 2 nitrogen and oxygen atoms in total. The van der Waals surface area contributed by atoms with E-state index in [2.05, 4.69) is 25.7 Å². The minimum absolute atomic E-state index is 0.399. The molecule has 2 fully saturated rings. The quantitative estimate of drug-likeness (QED) is 0.674. The smallest absolute Gasteiger partial charge is 0.0237 e. The molecule has 0 radical (unpaired) electrons. The van der Waals surface area contributed by atoms with Gasteiger partial charge in [0.05, 0.1) is 0 Å². The maximum atomic E-state index is 6.37. The van der Waals surface area contributed by atoms with Crippen LogP contribution >= 0.6 is 0 Å². The Morgan fingerprint density at radius 2 is 1.84 bits per heavy atom. The fourth-order valence-electron chi connectivity index (χ4n) is 3.76. The Bertz CT molecular complexity index is 285. The van der Waals surface area contributed by atoms with Gasteiger partial charge in [0.15, 0.2) is 0 Å². The van der Waals surface area contributed by atoms with Crippen molar-refractivity contribution in [1.82, 2.24) is 4.90 Å². The molecule has 2 N–H and O–H groups in total. The lowest BCUT2D eigenvalue weighted by molar-refractivity contribution is 0.109. The molecule has 2 rings (SSSR count). The molecule has 1 saturated heterocycles. The summed E-state index contributed by atoms with van der Waals surface area (Å²) < 4.78 is 0. The van der Waals surface area contributed by atoms with Crippen LogP contribution < -0.4 is 5.73 Å². The van der Waals surface area contributed by atoms with Gasteiger partial charge in [0, 0.05) is 24.7 Å². The molecule has 0 amide bonds. The lowest BCUT2D eigenvalue weighted by atomic mass is 9.89. The fourth-order valence-corrected chi connectivity index (χ4v) is 3.76. The molecule has 0 aromatic heterocycles. The number of hydrogen-bond acceptors (Lipinski definition) is 2. The summed E-state index contributed by atoms with van der Waals surface area (Å²) in [5.41, 5.74) is 7.29. The lowest BCUT2D eigenvalue weighted by Gasteiger charge is -2.39. The summed E-state index contributed by atoms with van der Waals surface area (Å²) in [6.07, 6.45) is 12.3. The number of likely N-dealkylation sites (tertiary alicyclic amines) is 1. The summed E-state index contributed by atoms with van der Waals surface area (Å²) in [6.45, 7) is 9.53. The van der Waals surface area contributed by atoms with Gasteiger partial charge in [-0.1, -0.05) is 46.0 Å². The van der Waals surface area contributed by atoms with Crippen molar-refractivity contribution in [3.05, 3.63) is 0 Å². The zero-order chi connectivity index (χ0) is 13.9. The normalized spacial score (nSPS) is 28.7. The number of hydrogen-bond donors (Lipinski definition) is 1. The van der Waals surface area contributed by atoms with Gasteiger partial charge in [0.2, 0.25) is 0 Å². The van der Waals surface area contributed by atoms with Gasteiger partial charge < -0.3 is 5.73 Å². The molecule has 0 bridgehead atoms. The summed E-state index contributed by atoms with van der Waals surface area (Å²) >= 11 is 0. The van der Waals surface area contributed by atoms with Crippen LogP contribution in [0.3, 0.4) is 0 Å². The molecule has 2 unspecified atom stereocenters. The van der Waals surface area contributed by atoms with Crippen molar-refractivity contribution >= 4 is 0 Å². The van der Waals surface area contributed by atoms with E-state index in [4.69, 9.17) is 5.73 Å². The first kappa shape index (κ1) is 15.3. The number of nitrogens with zero attached hydrogens (tertiary/aromatic N) is 1. The Morgan fingerprint density at radius 1 is 1.16 bits per heavy atom. The maximum Gasteiger partial charge on any atom is 0.0237 e. The molecule has 2 atom stereocenters. The van der Waals surface area contributed by atoms with Crippen LogP contribution in [0.4, 0.5) is 0 Å². The number of unbranched alkanes of at least 4 members (excludes halogenated alkanes) is 4. The largest absolute Gasteiger partial charge is 0.326 e. The molecule has 2 heteroatoms. The lowest BCUT2D eigenvalue weighted by Crippen LogP contribution is -2.45. The van der Waals surface area contributed by atoms with Crippen LogP contribution in [0.1, 0.15) is 78.6 Å². The molecule has 0 aromatic rings. The number of nitrogens with two attached hydrogens (primary N) is 1. The topological polar surface area (TPSA) is 29.3 Å². The molecule has 1 saturated carbocycles. The van der Waals surface area contributed by atoms with Gasteiger partial charge >= 0.3 is 0 Å². The average Bonchev–Trinajstić information content (AvgIpc) is 3.10. The summed E-state index contributed by atoms with van der Waals surface area (Å²) in [4.78, 5) is 2.73. The van der Waals surface area contributed by atoms with Gasteiger partial charge in [-0.05, 0) is 38.0 Å². The standard InChI is InChI=1S/C17H34N2/c1-4-6-7-8-9-10-16(3,5-2)19-13-15(18)17(14-19)11-12-17/h15H,4-14,18H2,1-3H3. The zero-order valence-electron chi connectivity index (χ0n) is 13.4. The van der Waals surface area contributed by atoms with Crippen molar-refractivity contribution in [2.75, 3.05) is 13.1 Å². The van der Waals surface area contributed by atoms with Crippen LogP contribution in [0.25, 0.3) is 0 Å². The van der Waals surface area contributed by atoms with Gasteiger partial charge in [-0.2, -0.15) is 0 Å². The molecule has 0 aromatic carbocycles. The summed E-state index contributed by atoms with van der Waals surface area (Å²) in [7, 11) is 0. The predicted octanol–water partition coefficient (Wildman–Crippen LogP) is 3.94. The highest BCUT2D eigenvalue weighted by Crippen LogP contribution is 2.53. The highest BCUT2D eigenvalue weighted by Gasteiger charge is 2.55. The predicted molar refractivity (Wildman–Crippen MR) is 83.3 cm³/mol. The summed E-state index contributed by atoms with van der Waals surface area (Å²) in [5, 5.41) is 0. The third kappa shape index (κ3) is 3.33. The van der Waals surface area contributed by atoms with Crippen LogP contribution in [0.15, 0.2) is 0 Å². The first-order valence-corrected chi connectivity index (χ1v) is 8.57. The molecular weight excluding hydrogens is 232 g/mol. The van der Waals surface area contributed by atoms with E-state index < -0.39 is 0 Å².